The Morgan fingerprint density at radius 2 is 1.95 bits per heavy atom. The van der Waals surface area contributed by atoms with Crippen molar-refractivity contribution in [2.75, 3.05) is 11.9 Å². The highest BCUT2D eigenvalue weighted by molar-refractivity contribution is 7.99. The van der Waals surface area contributed by atoms with Crippen LogP contribution in [0.1, 0.15) is 11.6 Å². The molecule has 0 fully saturated rings. The van der Waals surface area contributed by atoms with Gasteiger partial charge in [-0.1, -0.05) is 17.8 Å². The van der Waals surface area contributed by atoms with Crippen LogP contribution in [0.15, 0.2) is 52.5 Å². The zero-order chi connectivity index (χ0) is 13.4. The van der Waals surface area contributed by atoms with Crippen LogP contribution in [0.4, 0.5) is 5.69 Å². The number of carbonyl (C=O) groups excluding carboxylic acids is 1. The Bertz CT molecular complexity index is 630. The van der Waals surface area contributed by atoms with Crippen molar-refractivity contribution in [1.29, 1.82) is 0 Å². The first-order chi connectivity index (χ1) is 9.16. The maximum absolute atomic E-state index is 11.8. The zero-order valence-electron chi connectivity index (χ0n) is 10.4. The van der Waals surface area contributed by atoms with Gasteiger partial charge in [0.25, 0.3) is 0 Å². The summed E-state index contributed by atoms with van der Waals surface area (Å²) in [4.78, 5) is 19.6. The molecule has 2 N–H and O–H groups in total. The molecule has 0 saturated carbocycles. The first-order valence-corrected chi connectivity index (χ1v) is 6.73. The van der Waals surface area contributed by atoms with E-state index in [1.165, 1.54) is 0 Å². The highest BCUT2D eigenvalue weighted by Gasteiger charge is 2.32. The number of hydrogen-bond acceptors (Lipinski definition) is 4. The molecule has 0 aliphatic carbocycles. The van der Waals surface area contributed by atoms with Gasteiger partial charge in [-0.2, -0.15) is 0 Å². The number of fused-ring (bicyclic) bond motifs is 1. The van der Waals surface area contributed by atoms with Crippen LogP contribution >= 0.6 is 11.8 Å². The summed E-state index contributed by atoms with van der Waals surface area (Å²) in [6, 6.07) is 9.32. The summed E-state index contributed by atoms with van der Waals surface area (Å²) in [6.45, 7) is 0. The minimum atomic E-state index is -0.528. The third-order valence-corrected chi connectivity index (χ3v) is 4.18. The summed E-state index contributed by atoms with van der Waals surface area (Å²) in [6.07, 6.45) is 3.53. The van der Waals surface area contributed by atoms with Crippen LogP contribution in [0.2, 0.25) is 0 Å². The zero-order valence-corrected chi connectivity index (χ0v) is 11.2. The number of amides is 1. The van der Waals surface area contributed by atoms with E-state index >= 15 is 0 Å². The second kappa shape index (κ2) is 4.68. The Morgan fingerprint density at radius 3 is 2.68 bits per heavy atom. The van der Waals surface area contributed by atoms with Crippen LogP contribution in [-0.2, 0) is 4.79 Å². The molecule has 96 valence electrons. The third-order valence-electron chi connectivity index (χ3n) is 3.18. The molecule has 1 aliphatic heterocycles. The fourth-order valence-corrected chi connectivity index (χ4v) is 2.98. The molecule has 1 amide bonds. The Morgan fingerprint density at radius 1 is 1.21 bits per heavy atom. The van der Waals surface area contributed by atoms with E-state index in [-0.39, 0.29) is 5.91 Å². The Kier molecular flexibility index (Phi) is 3.00. The van der Waals surface area contributed by atoms with E-state index in [0.29, 0.717) is 0 Å². The standard InChI is InChI=1S/C14H13N3OS/c1-17-12-8-10(19-9-4-6-16-7-5-9)2-3-11(12)13(15)14(17)18/h2-8,13H,15H2,1H3. The molecule has 19 heavy (non-hydrogen) atoms. The van der Waals surface area contributed by atoms with E-state index < -0.39 is 6.04 Å². The topological polar surface area (TPSA) is 59.2 Å². The van der Waals surface area contributed by atoms with Gasteiger partial charge in [0.2, 0.25) is 5.91 Å². The second-order valence-electron chi connectivity index (χ2n) is 4.38. The van der Waals surface area contributed by atoms with Gasteiger partial charge < -0.3 is 10.6 Å². The molecule has 4 nitrogen and oxygen atoms in total. The minimum Gasteiger partial charge on any atom is -0.316 e. The first-order valence-electron chi connectivity index (χ1n) is 5.92. The lowest BCUT2D eigenvalue weighted by molar-refractivity contribution is -0.118. The van der Waals surface area contributed by atoms with Gasteiger partial charge in [0, 0.05) is 40.5 Å². The number of pyridine rings is 1. The maximum Gasteiger partial charge on any atom is 0.248 e. The van der Waals surface area contributed by atoms with E-state index in [1.54, 1.807) is 36.1 Å². The summed E-state index contributed by atoms with van der Waals surface area (Å²) < 4.78 is 0. The van der Waals surface area contributed by atoms with Gasteiger partial charge in [-0.25, -0.2) is 0 Å². The molecule has 1 aliphatic rings. The predicted molar refractivity (Wildman–Crippen MR) is 75.1 cm³/mol. The average molecular weight is 271 g/mol. The number of rotatable bonds is 2. The number of likely N-dealkylation sites (N-methyl/N-ethyl adjacent to an activating group) is 1. The van der Waals surface area contributed by atoms with E-state index in [0.717, 1.165) is 21.0 Å². The average Bonchev–Trinajstić information content (AvgIpc) is 2.65. The molecule has 1 atom stereocenters. The summed E-state index contributed by atoms with van der Waals surface area (Å²) in [5.41, 5.74) is 7.67. The monoisotopic (exact) mass is 271 g/mol. The molecule has 1 unspecified atom stereocenters. The lowest BCUT2D eigenvalue weighted by Gasteiger charge is -2.11. The summed E-state index contributed by atoms with van der Waals surface area (Å²) in [5.74, 6) is -0.0546. The van der Waals surface area contributed by atoms with Crippen molar-refractivity contribution in [2.45, 2.75) is 15.8 Å². The normalized spacial score (nSPS) is 17.7. The number of anilines is 1. The fourth-order valence-electron chi connectivity index (χ4n) is 2.14. The molecule has 0 saturated heterocycles. The van der Waals surface area contributed by atoms with Crippen LogP contribution in [-0.4, -0.2) is 17.9 Å². The molecule has 5 heteroatoms. The van der Waals surface area contributed by atoms with E-state index in [4.69, 9.17) is 5.73 Å². The SMILES string of the molecule is CN1C(=O)C(N)c2ccc(Sc3ccncc3)cc21. The molecule has 3 rings (SSSR count). The highest BCUT2D eigenvalue weighted by atomic mass is 32.2. The lowest BCUT2D eigenvalue weighted by atomic mass is 10.1. The van der Waals surface area contributed by atoms with Crippen molar-refractivity contribution >= 4 is 23.4 Å². The smallest absolute Gasteiger partial charge is 0.248 e. The van der Waals surface area contributed by atoms with Gasteiger partial charge >= 0.3 is 0 Å². The van der Waals surface area contributed by atoms with Crippen molar-refractivity contribution in [3.63, 3.8) is 0 Å². The first kappa shape index (κ1) is 12.2. The van der Waals surface area contributed by atoms with Crippen molar-refractivity contribution in [3.05, 3.63) is 48.3 Å². The molecule has 0 radical (unpaired) electrons. The van der Waals surface area contributed by atoms with Crippen LogP contribution in [0.25, 0.3) is 0 Å². The predicted octanol–water partition coefficient (Wildman–Crippen LogP) is 2.21. The maximum atomic E-state index is 11.8. The second-order valence-corrected chi connectivity index (χ2v) is 5.53. The van der Waals surface area contributed by atoms with Crippen molar-refractivity contribution in [1.82, 2.24) is 4.98 Å². The lowest BCUT2D eigenvalue weighted by Crippen LogP contribution is -2.27. The minimum absolute atomic E-state index is 0.0546. The van der Waals surface area contributed by atoms with Gasteiger partial charge in [-0.05, 0) is 24.3 Å². The molecule has 2 heterocycles. The van der Waals surface area contributed by atoms with Crippen LogP contribution < -0.4 is 10.6 Å². The third kappa shape index (κ3) is 2.11. The Labute approximate surface area is 115 Å². The molecular formula is C14H13N3OS. The molecule has 1 aromatic carbocycles. The van der Waals surface area contributed by atoms with Gasteiger partial charge in [-0.15, -0.1) is 0 Å². The van der Waals surface area contributed by atoms with E-state index in [9.17, 15) is 4.79 Å². The van der Waals surface area contributed by atoms with Gasteiger partial charge in [0.15, 0.2) is 0 Å². The van der Waals surface area contributed by atoms with Gasteiger partial charge in [-0.3, -0.25) is 9.78 Å². The molecule has 1 aromatic heterocycles. The number of hydrogen-bond donors (Lipinski definition) is 1. The van der Waals surface area contributed by atoms with Crippen LogP contribution in [0.3, 0.4) is 0 Å². The summed E-state index contributed by atoms with van der Waals surface area (Å²) in [5, 5.41) is 0. The van der Waals surface area contributed by atoms with Crippen LogP contribution in [0, 0.1) is 0 Å². The molecular weight excluding hydrogens is 258 g/mol. The molecule has 0 spiro atoms. The number of benzene rings is 1. The Hall–Kier alpha value is -1.85. The number of carbonyl (C=O) groups is 1. The largest absolute Gasteiger partial charge is 0.316 e. The van der Waals surface area contributed by atoms with E-state index in [1.807, 2.05) is 30.3 Å². The molecule has 2 aromatic rings. The summed E-state index contributed by atoms with van der Waals surface area (Å²) in [7, 11) is 1.76. The Balaban J connectivity index is 1.93. The summed E-state index contributed by atoms with van der Waals surface area (Å²) >= 11 is 1.64. The number of aromatic nitrogens is 1. The van der Waals surface area contributed by atoms with Gasteiger partial charge in [0.1, 0.15) is 6.04 Å². The fraction of sp³-hybridized carbons (Fsp3) is 0.143. The highest BCUT2D eigenvalue weighted by Crippen LogP contribution is 2.38. The molecule has 0 bridgehead atoms. The van der Waals surface area contributed by atoms with Crippen molar-refractivity contribution in [3.8, 4) is 0 Å². The van der Waals surface area contributed by atoms with Gasteiger partial charge in [0.05, 0.1) is 0 Å². The van der Waals surface area contributed by atoms with Crippen LogP contribution in [0.5, 0.6) is 0 Å². The van der Waals surface area contributed by atoms with Crippen molar-refractivity contribution < 1.29 is 4.79 Å². The number of nitrogens with two attached hydrogens (primary N) is 1. The number of nitrogens with zero attached hydrogens (tertiary/aromatic N) is 2. The van der Waals surface area contributed by atoms with Crippen molar-refractivity contribution in [2.24, 2.45) is 5.73 Å². The quantitative estimate of drug-likeness (QED) is 0.909. The van der Waals surface area contributed by atoms with E-state index in [2.05, 4.69) is 4.98 Å².